The molecule has 0 spiro atoms. The second-order valence-corrected chi connectivity index (χ2v) is 5.35. The predicted molar refractivity (Wildman–Crippen MR) is 91.4 cm³/mol. The molecule has 2 rings (SSSR count). The number of aromatic nitrogens is 1. The molecule has 1 amide bonds. The summed E-state index contributed by atoms with van der Waals surface area (Å²) in [7, 11) is 1.58. The van der Waals surface area contributed by atoms with E-state index in [0.717, 1.165) is 5.39 Å². The van der Waals surface area contributed by atoms with Gasteiger partial charge < -0.3 is 15.2 Å². The predicted octanol–water partition coefficient (Wildman–Crippen LogP) is 2.70. The van der Waals surface area contributed by atoms with E-state index < -0.39 is 17.9 Å². The Morgan fingerprint density at radius 2 is 2.12 bits per heavy atom. The first-order valence-corrected chi connectivity index (χ1v) is 7.56. The number of amides is 1. The molecule has 1 unspecified atom stereocenters. The van der Waals surface area contributed by atoms with Crippen molar-refractivity contribution >= 4 is 22.8 Å². The van der Waals surface area contributed by atoms with Gasteiger partial charge in [0, 0.05) is 11.5 Å². The number of nitrogens with one attached hydrogen (secondary N) is 1. The third kappa shape index (κ3) is 3.90. The Morgan fingerprint density at radius 3 is 2.75 bits per heavy atom. The first-order chi connectivity index (χ1) is 11.5. The van der Waals surface area contributed by atoms with Crippen molar-refractivity contribution in [1.82, 2.24) is 10.3 Å². The molecule has 0 saturated carbocycles. The lowest BCUT2D eigenvalue weighted by molar-refractivity contribution is -0.139. The molecule has 0 aliphatic rings. The number of aryl methyl sites for hydroxylation is 1. The maximum absolute atomic E-state index is 12.4. The summed E-state index contributed by atoms with van der Waals surface area (Å²) < 4.78 is 5.17. The Labute approximate surface area is 140 Å². The Morgan fingerprint density at radius 1 is 1.38 bits per heavy atom. The fourth-order valence-corrected chi connectivity index (χ4v) is 2.33. The van der Waals surface area contributed by atoms with Gasteiger partial charge in [-0.2, -0.15) is 0 Å². The minimum absolute atomic E-state index is 0.231. The topological polar surface area (TPSA) is 88.5 Å². The SMILES string of the molecule is C/C=C/CC(NC(=O)c1cc2ccc(OC)cc2nc1C)C(=O)O. The van der Waals surface area contributed by atoms with Crippen molar-refractivity contribution in [2.75, 3.05) is 7.11 Å². The number of fused-ring (bicyclic) bond motifs is 1. The van der Waals surface area contributed by atoms with Gasteiger partial charge in [0.05, 0.1) is 23.9 Å². The number of ether oxygens (including phenoxy) is 1. The van der Waals surface area contributed by atoms with E-state index in [-0.39, 0.29) is 6.42 Å². The number of hydrogen-bond acceptors (Lipinski definition) is 4. The van der Waals surface area contributed by atoms with Gasteiger partial charge >= 0.3 is 5.97 Å². The van der Waals surface area contributed by atoms with Crippen LogP contribution in [0.3, 0.4) is 0 Å². The summed E-state index contributed by atoms with van der Waals surface area (Å²) in [6.07, 6.45) is 3.68. The Balaban J connectivity index is 2.31. The quantitative estimate of drug-likeness (QED) is 0.796. The van der Waals surface area contributed by atoms with Crippen molar-refractivity contribution in [1.29, 1.82) is 0 Å². The Kier molecular flexibility index (Phi) is 5.52. The largest absolute Gasteiger partial charge is 0.497 e. The molecule has 1 atom stereocenters. The number of methoxy groups -OCH3 is 1. The van der Waals surface area contributed by atoms with E-state index >= 15 is 0 Å². The van der Waals surface area contributed by atoms with Crippen LogP contribution in [0.15, 0.2) is 36.4 Å². The highest BCUT2D eigenvalue weighted by molar-refractivity contribution is 6.00. The van der Waals surface area contributed by atoms with Gasteiger partial charge in [0.1, 0.15) is 11.8 Å². The summed E-state index contributed by atoms with van der Waals surface area (Å²) in [6, 6.07) is 6.12. The van der Waals surface area contributed by atoms with Crippen molar-refractivity contribution in [3.05, 3.63) is 47.7 Å². The molecule has 2 aromatic rings. The molecule has 0 bridgehead atoms. The lowest BCUT2D eigenvalue weighted by Gasteiger charge is -2.14. The summed E-state index contributed by atoms with van der Waals surface area (Å²) in [5, 5.41) is 12.5. The number of carbonyl (C=O) groups is 2. The monoisotopic (exact) mass is 328 g/mol. The third-order valence-corrected chi connectivity index (χ3v) is 3.67. The van der Waals surface area contributed by atoms with Crippen LogP contribution < -0.4 is 10.1 Å². The second kappa shape index (κ2) is 7.59. The van der Waals surface area contributed by atoms with E-state index in [1.54, 1.807) is 51.3 Å². The van der Waals surface area contributed by atoms with Gasteiger partial charge in [-0.25, -0.2) is 4.79 Å². The second-order valence-electron chi connectivity index (χ2n) is 5.35. The summed E-state index contributed by atoms with van der Waals surface area (Å²) >= 11 is 0. The van der Waals surface area contributed by atoms with Gasteiger partial charge in [0.25, 0.3) is 5.91 Å². The number of rotatable bonds is 6. The number of carboxylic acid groups (broad SMARTS) is 1. The van der Waals surface area contributed by atoms with Gasteiger partial charge in [-0.1, -0.05) is 12.2 Å². The highest BCUT2D eigenvalue weighted by Crippen LogP contribution is 2.21. The molecule has 126 valence electrons. The molecular formula is C18H20N2O4. The van der Waals surface area contributed by atoms with Gasteiger partial charge in [-0.15, -0.1) is 0 Å². The van der Waals surface area contributed by atoms with Crippen LogP contribution in [-0.2, 0) is 4.79 Å². The molecule has 1 heterocycles. The van der Waals surface area contributed by atoms with Crippen molar-refractivity contribution in [3.8, 4) is 5.75 Å². The Hall–Kier alpha value is -2.89. The molecule has 0 radical (unpaired) electrons. The van der Waals surface area contributed by atoms with Crippen molar-refractivity contribution in [2.45, 2.75) is 26.3 Å². The summed E-state index contributed by atoms with van der Waals surface area (Å²) in [4.78, 5) is 28.1. The average molecular weight is 328 g/mol. The minimum atomic E-state index is -1.07. The van der Waals surface area contributed by atoms with Crippen LogP contribution in [0.1, 0.15) is 29.4 Å². The summed E-state index contributed by atoms with van der Waals surface area (Å²) in [6.45, 7) is 3.52. The zero-order valence-corrected chi connectivity index (χ0v) is 13.9. The van der Waals surface area contributed by atoms with Crippen LogP contribution in [0, 0.1) is 6.92 Å². The molecule has 0 aliphatic heterocycles. The zero-order chi connectivity index (χ0) is 17.7. The molecule has 0 aliphatic carbocycles. The molecule has 2 N–H and O–H groups in total. The summed E-state index contributed by atoms with van der Waals surface area (Å²) in [5.41, 5.74) is 1.61. The molecule has 0 saturated heterocycles. The Bertz CT molecular complexity index is 799. The van der Waals surface area contributed by atoms with E-state index in [4.69, 9.17) is 4.74 Å². The number of allylic oxidation sites excluding steroid dienone is 1. The first-order valence-electron chi connectivity index (χ1n) is 7.56. The fraction of sp³-hybridized carbons (Fsp3) is 0.278. The number of benzene rings is 1. The zero-order valence-electron chi connectivity index (χ0n) is 13.9. The number of pyridine rings is 1. The smallest absolute Gasteiger partial charge is 0.326 e. The number of aliphatic carboxylic acids is 1. The number of carboxylic acids is 1. The van der Waals surface area contributed by atoms with Crippen molar-refractivity contribution in [3.63, 3.8) is 0 Å². The van der Waals surface area contributed by atoms with E-state index in [0.29, 0.717) is 22.5 Å². The fourth-order valence-electron chi connectivity index (χ4n) is 2.33. The number of carbonyl (C=O) groups excluding carboxylic acids is 1. The van der Waals surface area contributed by atoms with Crippen LogP contribution in [-0.4, -0.2) is 35.1 Å². The van der Waals surface area contributed by atoms with Crippen LogP contribution in [0.4, 0.5) is 0 Å². The van der Waals surface area contributed by atoms with E-state index in [1.807, 2.05) is 6.07 Å². The molecule has 0 fully saturated rings. The van der Waals surface area contributed by atoms with Crippen molar-refractivity contribution < 1.29 is 19.4 Å². The third-order valence-electron chi connectivity index (χ3n) is 3.67. The van der Waals surface area contributed by atoms with Crippen LogP contribution >= 0.6 is 0 Å². The van der Waals surface area contributed by atoms with Crippen LogP contribution in [0.5, 0.6) is 5.75 Å². The maximum atomic E-state index is 12.4. The van der Waals surface area contributed by atoms with Gasteiger partial charge in [0.15, 0.2) is 0 Å². The molecule has 1 aromatic heterocycles. The van der Waals surface area contributed by atoms with Crippen LogP contribution in [0.25, 0.3) is 10.9 Å². The summed E-state index contributed by atoms with van der Waals surface area (Å²) in [5.74, 6) is -0.837. The van der Waals surface area contributed by atoms with Gasteiger partial charge in [0.2, 0.25) is 0 Å². The average Bonchev–Trinajstić information content (AvgIpc) is 2.56. The first kappa shape index (κ1) is 17.5. The van der Waals surface area contributed by atoms with Gasteiger partial charge in [-0.05, 0) is 38.5 Å². The number of nitrogens with zero attached hydrogens (tertiary/aromatic N) is 1. The number of hydrogen-bond donors (Lipinski definition) is 2. The standard InChI is InChI=1S/C18H20N2O4/c1-4-5-6-15(18(22)23)20-17(21)14-9-12-7-8-13(24-3)10-16(12)19-11(14)2/h4-5,7-10,15H,6H2,1-3H3,(H,20,21)(H,22,23)/b5-4+. The molecule has 6 nitrogen and oxygen atoms in total. The van der Waals surface area contributed by atoms with E-state index in [9.17, 15) is 14.7 Å². The highest BCUT2D eigenvalue weighted by Gasteiger charge is 2.21. The molecule has 24 heavy (non-hydrogen) atoms. The lowest BCUT2D eigenvalue weighted by atomic mass is 10.1. The minimum Gasteiger partial charge on any atom is -0.497 e. The van der Waals surface area contributed by atoms with E-state index in [1.165, 1.54) is 0 Å². The normalized spacial score (nSPS) is 12.3. The highest BCUT2D eigenvalue weighted by atomic mass is 16.5. The van der Waals surface area contributed by atoms with Crippen molar-refractivity contribution in [2.24, 2.45) is 0 Å². The van der Waals surface area contributed by atoms with Crippen LogP contribution in [0.2, 0.25) is 0 Å². The van der Waals surface area contributed by atoms with Gasteiger partial charge in [-0.3, -0.25) is 9.78 Å². The molecule has 1 aromatic carbocycles. The molecular weight excluding hydrogens is 308 g/mol. The van der Waals surface area contributed by atoms with E-state index in [2.05, 4.69) is 10.3 Å². The maximum Gasteiger partial charge on any atom is 0.326 e. The molecule has 6 heteroatoms. The lowest BCUT2D eigenvalue weighted by Crippen LogP contribution is -2.40.